The molecule has 1 unspecified atom stereocenters. The summed E-state index contributed by atoms with van der Waals surface area (Å²) in [5.74, 6) is -0.544. The van der Waals surface area contributed by atoms with Crippen molar-refractivity contribution < 1.29 is 20.1 Å². The molecule has 0 aromatic heterocycles. The molecule has 3 atom stereocenters. The lowest BCUT2D eigenvalue weighted by atomic mass is 10.0. The van der Waals surface area contributed by atoms with Gasteiger partial charge in [-0.05, 0) is 0 Å². The molecule has 1 aliphatic rings. The third-order valence-electron chi connectivity index (χ3n) is 2.11. The van der Waals surface area contributed by atoms with Crippen LogP contribution in [0.25, 0.3) is 0 Å². The van der Waals surface area contributed by atoms with Crippen molar-refractivity contribution in [3.05, 3.63) is 0 Å². The highest BCUT2D eigenvalue weighted by molar-refractivity contribution is 5.75. The van der Waals surface area contributed by atoms with E-state index in [-0.39, 0.29) is 19.7 Å². The van der Waals surface area contributed by atoms with E-state index in [4.69, 9.17) is 10.8 Å². The molecule has 7 heteroatoms. The maximum absolute atomic E-state index is 10.6. The molecule has 14 heavy (non-hydrogen) atoms. The molecule has 6 N–H and O–H groups in total. The summed E-state index contributed by atoms with van der Waals surface area (Å²) in [4.78, 5) is 10.6. The first-order valence-electron chi connectivity index (χ1n) is 4.31. The molecule has 0 bridgehead atoms. The lowest BCUT2D eigenvalue weighted by Gasteiger charge is -2.38. The number of carbonyl (C=O) groups is 1. The van der Waals surface area contributed by atoms with Crippen LogP contribution in [-0.4, -0.2) is 64.2 Å². The first-order valence-corrected chi connectivity index (χ1v) is 4.31. The molecule has 0 saturated carbocycles. The van der Waals surface area contributed by atoms with Gasteiger partial charge in [0.1, 0.15) is 6.10 Å². The van der Waals surface area contributed by atoms with Crippen molar-refractivity contribution in [1.82, 2.24) is 10.4 Å². The minimum atomic E-state index is -1.04. The number of nitrogens with one attached hydrogen (secondary N) is 1. The Morgan fingerprint density at radius 3 is 2.71 bits per heavy atom. The second-order valence-corrected chi connectivity index (χ2v) is 3.32. The number of nitrogens with zero attached hydrogens (tertiary/aromatic N) is 1. The summed E-state index contributed by atoms with van der Waals surface area (Å²) in [7, 11) is 0. The highest BCUT2D eigenvalue weighted by Gasteiger charge is 2.34. The summed E-state index contributed by atoms with van der Waals surface area (Å²) in [5.41, 5.74) is 7.65. The summed E-state index contributed by atoms with van der Waals surface area (Å²) in [5, 5.41) is 29.0. The lowest BCUT2D eigenvalue weighted by Crippen LogP contribution is -2.64. The Hall–Kier alpha value is -0.730. The number of aliphatic hydroxyl groups excluding tert-OH is 3. The summed E-state index contributed by atoms with van der Waals surface area (Å²) in [6, 6.07) is -0.668. The molecule has 1 saturated heterocycles. The van der Waals surface area contributed by atoms with Crippen molar-refractivity contribution in [1.29, 1.82) is 0 Å². The minimum absolute atomic E-state index is 0.0692. The molecule has 0 aromatic rings. The van der Waals surface area contributed by atoms with Crippen LogP contribution in [0.1, 0.15) is 0 Å². The van der Waals surface area contributed by atoms with Gasteiger partial charge in [-0.3, -0.25) is 4.79 Å². The topological polar surface area (TPSA) is 119 Å². The Morgan fingerprint density at radius 1 is 1.57 bits per heavy atom. The van der Waals surface area contributed by atoms with Gasteiger partial charge in [-0.15, -0.1) is 0 Å². The standard InChI is InChI=1S/C7H15N3O4/c8-6(13)2-10-1-5(12)7(14)4(3-11)9-10/h4-5,7,9,11-12,14H,1-3H2,(H2,8,13)/t4?,5-,7-/m1/s1. The monoisotopic (exact) mass is 205 g/mol. The minimum Gasteiger partial charge on any atom is -0.395 e. The fraction of sp³-hybridized carbons (Fsp3) is 0.857. The van der Waals surface area contributed by atoms with Gasteiger partial charge in [0.05, 0.1) is 25.3 Å². The van der Waals surface area contributed by atoms with E-state index in [1.165, 1.54) is 5.01 Å². The summed E-state index contributed by atoms with van der Waals surface area (Å²) >= 11 is 0. The maximum Gasteiger partial charge on any atom is 0.233 e. The molecule has 82 valence electrons. The zero-order valence-electron chi connectivity index (χ0n) is 7.63. The number of carbonyl (C=O) groups excluding carboxylic acids is 1. The smallest absolute Gasteiger partial charge is 0.233 e. The first kappa shape index (κ1) is 11.3. The fourth-order valence-corrected chi connectivity index (χ4v) is 1.41. The van der Waals surface area contributed by atoms with Crippen LogP contribution in [0.3, 0.4) is 0 Å². The molecular formula is C7H15N3O4. The van der Waals surface area contributed by atoms with Crippen molar-refractivity contribution in [3.63, 3.8) is 0 Å². The van der Waals surface area contributed by atoms with Crippen LogP contribution >= 0.6 is 0 Å². The molecule has 7 nitrogen and oxygen atoms in total. The van der Waals surface area contributed by atoms with Crippen LogP contribution in [0, 0.1) is 0 Å². The molecule has 0 radical (unpaired) electrons. The maximum atomic E-state index is 10.6. The number of amides is 1. The normalized spacial score (nSPS) is 34.4. The van der Waals surface area contributed by atoms with Crippen LogP contribution in [0.2, 0.25) is 0 Å². The third-order valence-corrected chi connectivity index (χ3v) is 2.11. The van der Waals surface area contributed by atoms with Crippen LogP contribution in [0.4, 0.5) is 0 Å². The quantitative estimate of drug-likeness (QED) is 0.324. The molecule has 1 heterocycles. The van der Waals surface area contributed by atoms with Crippen molar-refractivity contribution in [2.24, 2.45) is 5.73 Å². The van der Waals surface area contributed by atoms with Gasteiger partial charge in [-0.1, -0.05) is 0 Å². The molecule has 0 aromatic carbocycles. The van der Waals surface area contributed by atoms with E-state index >= 15 is 0 Å². The van der Waals surface area contributed by atoms with Crippen LogP contribution in [0.15, 0.2) is 0 Å². The fourth-order valence-electron chi connectivity index (χ4n) is 1.41. The summed E-state index contributed by atoms with van der Waals surface area (Å²) in [6.07, 6.45) is -2.03. The van der Waals surface area contributed by atoms with E-state index in [0.717, 1.165) is 0 Å². The molecule has 1 amide bonds. The average Bonchev–Trinajstić information content (AvgIpc) is 2.10. The Bertz CT molecular complexity index is 213. The van der Waals surface area contributed by atoms with Gasteiger partial charge in [0.15, 0.2) is 0 Å². The Labute approximate surface area is 81.1 Å². The van der Waals surface area contributed by atoms with E-state index < -0.39 is 24.2 Å². The molecule has 0 aliphatic carbocycles. The Kier molecular flexibility index (Phi) is 3.78. The second kappa shape index (κ2) is 4.67. The van der Waals surface area contributed by atoms with Crippen LogP contribution in [-0.2, 0) is 4.79 Å². The van der Waals surface area contributed by atoms with Crippen molar-refractivity contribution in [2.45, 2.75) is 18.2 Å². The number of aliphatic hydroxyl groups is 3. The van der Waals surface area contributed by atoms with Gasteiger partial charge in [0, 0.05) is 6.54 Å². The number of hydrazine groups is 1. The zero-order chi connectivity index (χ0) is 10.7. The molecular weight excluding hydrogens is 190 g/mol. The molecule has 1 fully saturated rings. The number of nitrogens with two attached hydrogens (primary N) is 1. The van der Waals surface area contributed by atoms with Crippen molar-refractivity contribution in [2.75, 3.05) is 19.7 Å². The van der Waals surface area contributed by atoms with Gasteiger partial charge in [-0.2, -0.15) is 0 Å². The van der Waals surface area contributed by atoms with E-state index in [1.54, 1.807) is 0 Å². The van der Waals surface area contributed by atoms with E-state index in [9.17, 15) is 15.0 Å². The van der Waals surface area contributed by atoms with E-state index in [1.807, 2.05) is 0 Å². The first-order chi connectivity index (χ1) is 6.54. The van der Waals surface area contributed by atoms with Gasteiger partial charge in [-0.25, -0.2) is 10.4 Å². The average molecular weight is 205 g/mol. The Balaban J connectivity index is 2.53. The van der Waals surface area contributed by atoms with Crippen LogP contribution in [0.5, 0.6) is 0 Å². The molecule has 1 rings (SSSR count). The van der Waals surface area contributed by atoms with Gasteiger partial charge in [0.2, 0.25) is 5.91 Å². The number of hydrogen-bond donors (Lipinski definition) is 5. The number of hydrogen-bond acceptors (Lipinski definition) is 6. The predicted molar refractivity (Wildman–Crippen MR) is 46.8 cm³/mol. The molecule has 1 aliphatic heterocycles. The zero-order valence-corrected chi connectivity index (χ0v) is 7.63. The summed E-state index contributed by atoms with van der Waals surface area (Å²) < 4.78 is 0. The number of primary amides is 1. The molecule has 0 spiro atoms. The Morgan fingerprint density at radius 2 is 2.21 bits per heavy atom. The lowest BCUT2D eigenvalue weighted by molar-refractivity contribution is -0.127. The van der Waals surface area contributed by atoms with Gasteiger partial charge >= 0.3 is 0 Å². The highest BCUT2D eigenvalue weighted by atomic mass is 16.3. The third kappa shape index (κ3) is 2.63. The van der Waals surface area contributed by atoms with E-state index in [0.29, 0.717) is 0 Å². The SMILES string of the molecule is NC(=O)CN1C[C@@H](O)[C@H](O)C(CO)N1. The van der Waals surface area contributed by atoms with E-state index in [2.05, 4.69) is 5.43 Å². The highest BCUT2D eigenvalue weighted by Crippen LogP contribution is 2.08. The van der Waals surface area contributed by atoms with Crippen molar-refractivity contribution >= 4 is 5.91 Å². The van der Waals surface area contributed by atoms with Gasteiger partial charge in [0.25, 0.3) is 0 Å². The van der Waals surface area contributed by atoms with Crippen LogP contribution < -0.4 is 11.2 Å². The second-order valence-electron chi connectivity index (χ2n) is 3.32. The number of rotatable bonds is 3. The van der Waals surface area contributed by atoms with Crippen molar-refractivity contribution in [3.8, 4) is 0 Å². The van der Waals surface area contributed by atoms with Gasteiger partial charge < -0.3 is 21.1 Å². The summed E-state index contributed by atoms with van der Waals surface area (Å²) in [6.45, 7) is -0.297. The predicted octanol–water partition coefficient (Wildman–Crippen LogP) is -3.63. The number of β-amino-alcohol motifs (C(OH)–C–C–N with tert-alkyl or cyclic N) is 1. The largest absolute Gasteiger partial charge is 0.395 e.